The van der Waals surface area contributed by atoms with Crippen LogP contribution in [-0.2, 0) is 0 Å². The molecule has 0 spiro atoms. The highest BCUT2D eigenvalue weighted by Crippen LogP contribution is 2.22. The first-order valence-electron chi connectivity index (χ1n) is 4.67. The van der Waals surface area contributed by atoms with Crippen LogP contribution in [0.4, 0.5) is 5.69 Å². The molecule has 0 unspecified atom stereocenters. The van der Waals surface area contributed by atoms with Crippen LogP contribution in [-0.4, -0.2) is 16.9 Å². The quantitative estimate of drug-likeness (QED) is 0.757. The fourth-order valence-corrected chi connectivity index (χ4v) is 1.40. The molecule has 0 bridgehead atoms. The Bertz CT molecular complexity index is 476. The number of nitrogens with zero attached hydrogens (tertiary/aromatic N) is 2. The number of aryl methyl sites for hydroxylation is 1. The Balaban J connectivity index is 2.51. The first-order valence-corrected chi connectivity index (χ1v) is 4.67. The number of ether oxygens (including phenoxy) is 1. The number of anilines is 1. The summed E-state index contributed by atoms with van der Waals surface area (Å²) in [4.78, 5) is 0. The SMILES string of the molecule is COc1ccc(N)c(-n2ccc(C)n2)c1. The third-order valence-electron chi connectivity index (χ3n) is 2.21. The number of benzene rings is 1. The number of rotatable bonds is 2. The standard InChI is InChI=1S/C11H13N3O/c1-8-5-6-14(13-8)11-7-9(15-2)3-4-10(11)12/h3-7H,12H2,1-2H3. The predicted octanol–water partition coefficient (Wildman–Crippen LogP) is 1.77. The number of nitrogens with two attached hydrogens (primary N) is 1. The van der Waals surface area contributed by atoms with Gasteiger partial charge in [0.05, 0.1) is 24.2 Å². The maximum Gasteiger partial charge on any atom is 0.121 e. The van der Waals surface area contributed by atoms with Crippen molar-refractivity contribution < 1.29 is 4.74 Å². The van der Waals surface area contributed by atoms with Gasteiger partial charge in [-0.3, -0.25) is 0 Å². The maximum absolute atomic E-state index is 5.87. The minimum absolute atomic E-state index is 0.680. The molecule has 0 atom stereocenters. The number of hydrogen-bond donors (Lipinski definition) is 1. The van der Waals surface area contributed by atoms with Crippen molar-refractivity contribution in [2.75, 3.05) is 12.8 Å². The molecular weight excluding hydrogens is 190 g/mol. The summed E-state index contributed by atoms with van der Waals surface area (Å²) < 4.78 is 6.88. The molecule has 0 aliphatic heterocycles. The molecular formula is C11H13N3O. The van der Waals surface area contributed by atoms with Crippen LogP contribution in [0.3, 0.4) is 0 Å². The van der Waals surface area contributed by atoms with Gasteiger partial charge in [-0.1, -0.05) is 0 Å². The summed E-state index contributed by atoms with van der Waals surface area (Å²) in [7, 11) is 1.63. The lowest BCUT2D eigenvalue weighted by Gasteiger charge is -2.07. The number of methoxy groups -OCH3 is 1. The van der Waals surface area contributed by atoms with Crippen molar-refractivity contribution >= 4 is 5.69 Å². The molecule has 78 valence electrons. The Morgan fingerprint density at radius 2 is 2.13 bits per heavy atom. The number of aromatic nitrogens is 2. The predicted molar refractivity (Wildman–Crippen MR) is 59.3 cm³/mol. The van der Waals surface area contributed by atoms with Crippen LogP contribution in [0.15, 0.2) is 30.5 Å². The van der Waals surface area contributed by atoms with E-state index in [0.29, 0.717) is 5.69 Å². The normalized spacial score (nSPS) is 10.3. The summed E-state index contributed by atoms with van der Waals surface area (Å²) >= 11 is 0. The van der Waals surface area contributed by atoms with E-state index in [1.165, 1.54) is 0 Å². The van der Waals surface area contributed by atoms with Crippen LogP contribution in [0.2, 0.25) is 0 Å². The Hall–Kier alpha value is -1.97. The first kappa shape index (κ1) is 9.58. The molecule has 1 aromatic carbocycles. The Kier molecular flexibility index (Phi) is 2.33. The van der Waals surface area contributed by atoms with Crippen LogP contribution >= 0.6 is 0 Å². The second kappa shape index (κ2) is 3.65. The Labute approximate surface area is 88.3 Å². The van der Waals surface area contributed by atoms with Crippen LogP contribution < -0.4 is 10.5 Å². The Morgan fingerprint density at radius 3 is 2.73 bits per heavy atom. The molecule has 0 fully saturated rings. The van der Waals surface area contributed by atoms with Gasteiger partial charge in [0, 0.05) is 12.3 Å². The van der Waals surface area contributed by atoms with Gasteiger partial charge in [0.25, 0.3) is 0 Å². The van der Waals surface area contributed by atoms with E-state index in [4.69, 9.17) is 10.5 Å². The number of nitrogen functional groups attached to an aromatic ring is 1. The zero-order chi connectivity index (χ0) is 10.8. The van der Waals surface area contributed by atoms with Crippen LogP contribution in [0, 0.1) is 6.92 Å². The van der Waals surface area contributed by atoms with Crippen molar-refractivity contribution in [3.63, 3.8) is 0 Å². The van der Waals surface area contributed by atoms with Gasteiger partial charge in [-0.2, -0.15) is 5.10 Å². The minimum atomic E-state index is 0.680. The average Bonchev–Trinajstić information content (AvgIpc) is 2.65. The zero-order valence-corrected chi connectivity index (χ0v) is 8.77. The molecule has 0 saturated heterocycles. The molecule has 4 nitrogen and oxygen atoms in total. The summed E-state index contributed by atoms with van der Waals surface area (Å²) in [6, 6.07) is 7.43. The molecule has 0 radical (unpaired) electrons. The van der Waals surface area contributed by atoms with E-state index in [9.17, 15) is 0 Å². The van der Waals surface area contributed by atoms with Gasteiger partial charge < -0.3 is 10.5 Å². The number of hydrogen-bond acceptors (Lipinski definition) is 3. The van der Waals surface area contributed by atoms with Crippen molar-refractivity contribution in [3.8, 4) is 11.4 Å². The van der Waals surface area contributed by atoms with E-state index >= 15 is 0 Å². The van der Waals surface area contributed by atoms with Gasteiger partial charge in [0.15, 0.2) is 0 Å². The summed E-state index contributed by atoms with van der Waals surface area (Å²) in [5.74, 6) is 0.771. The molecule has 0 amide bonds. The molecule has 2 N–H and O–H groups in total. The Morgan fingerprint density at radius 1 is 1.33 bits per heavy atom. The second-order valence-corrected chi connectivity index (χ2v) is 3.33. The first-order chi connectivity index (χ1) is 7.20. The monoisotopic (exact) mass is 203 g/mol. The fourth-order valence-electron chi connectivity index (χ4n) is 1.40. The molecule has 0 aliphatic carbocycles. The molecule has 2 aromatic rings. The van der Waals surface area contributed by atoms with E-state index < -0.39 is 0 Å². The summed E-state index contributed by atoms with van der Waals surface area (Å²) in [5.41, 5.74) is 8.34. The van der Waals surface area contributed by atoms with Crippen LogP contribution in [0.1, 0.15) is 5.69 Å². The third-order valence-corrected chi connectivity index (χ3v) is 2.21. The van der Waals surface area contributed by atoms with Crippen LogP contribution in [0.5, 0.6) is 5.75 Å². The fraction of sp³-hybridized carbons (Fsp3) is 0.182. The van der Waals surface area contributed by atoms with Crippen molar-refractivity contribution in [1.29, 1.82) is 0 Å². The smallest absolute Gasteiger partial charge is 0.121 e. The van der Waals surface area contributed by atoms with E-state index in [0.717, 1.165) is 17.1 Å². The van der Waals surface area contributed by atoms with Gasteiger partial charge in [0.2, 0.25) is 0 Å². The summed E-state index contributed by atoms with van der Waals surface area (Å²) in [6.07, 6.45) is 1.88. The van der Waals surface area contributed by atoms with Gasteiger partial charge in [0.1, 0.15) is 5.75 Å². The van der Waals surface area contributed by atoms with Gasteiger partial charge in [-0.15, -0.1) is 0 Å². The van der Waals surface area contributed by atoms with E-state index in [-0.39, 0.29) is 0 Å². The van der Waals surface area contributed by atoms with E-state index in [1.807, 2.05) is 37.4 Å². The molecule has 0 saturated carbocycles. The summed E-state index contributed by atoms with van der Waals surface area (Å²) in [5, 5.41) is 4.30. The topological polar surface area (TPSA) is 53.1 Å². The van der Waals surface area contributed by atoms with Gasteiger partial charge >= 0.3 is 0 Å². The van der Waals surface area contributed by atoms with E-state index in [2.05, 4.69) is 5.10 Å². The minimum Gasteiger partial charge on any atom is -0.497 e. The van der Waals surface area contributed by atoms with Crippen molar-refractivity contribution in [2.24, 2.45) is 0 Å². The third kappa shape index (κ3) is 1.79. The highest BCUT2D eigenvalue weighted by Gasteiger charge is 2.04. The molecule has 2 rings (SSSR count). The average molecular weight is 203 g/mol. The van der Waals surface area contributed by atoms with Gasteiger partial charge in [-0.05, 0) is 25.1 Å². The molecule has 1 aromatic heterocycles. The highest BCUT2D eigenvalue weighted by molar-refractivity contribution is 5.60. The zero-order valence-electron chi connectivity index (χ0n) is 8.77. The van der Waals surface area contributed by atoms with Gasteiger partial charge in [-0.25, -0.2) is 4.68 Å². The maximum atomic E-state index is 5.87. The van der Waals surface area contributed by atoms with Crippen molar-refractivity contribution in [1.82, 2.24) is 9.78 Å². The molecule has 1 heterocycles. The molecule has 4 heteroatoms. The molecule has 0 aliphatic rings. The molecule has 15 heavy (non-hydrogen) atoms. The second-order valence-electron chi connectivity index (χ2n) is 3.33. The highest BCUT2D eigenvalue weighted by atomic mass is 16.5. The lowest BCUT2D eigenvalue weighted by Crippen LogP contribution is -2.01. The summed E-state index contributed by atoms with van der Waals surface area (Å²) in [6.45, 7) is 1.94. The largest absolute Gasteiger partial charge is 0.497 e. The van der Waals surface area contributed by atoms with Crippen molar-refractivity contribution in [3.05, 3.63) is 36.2 Å². The van der Waals surface area contributed by atoms with Crippen molar-refractivity contribution in [2.45, 2.75) is 6.92 Å². The van der Waals surface area contributed by atoms with Crippen LogP contribution in [0.25, 0.3) is 5.69 Å². The lowest BCUT2D eigenvalue weighted by atomic mass is 10.2. The lowest BCUT2D eigenvalue weighted by molar-refractivity contribution is 0.414. The van der Waals surface area contributed by atoms with E-state index in [1.54, 1.807) is 11.8 Å².